The summed E-state index contributed by atoms with van der Waals surface area (Å²) in [6, 6.07) is 3.53. The molecule has 0 saturated carbocycles. The average Bonchev–Trinajstić information content (AvgIpc) is 2.59. The third kappa shape index (κ3) is 4.07. The van der Waals surface area contributed by atoms with Gasteiger partial charge in [-0.25, -0.2) is 0 Å². The van der Waals surface area contributed by atoms with E-state index in [0.717, 1.165) is 37.7 Å². The Morgan fingerprint density at radius 3 is 2.46 bits per heavy atom. The zero-order valence-electron chi connectivity index (χ0n) is 13.9. The van der Waals surface area contributed by atoms with Gasteiger partial charge < -0.3 is 11.5 Å². The zero-order chi connectivity index (χ0) is 17.5. The molecule has 1 aliphatic carbocycles. The molecule has 2 unspecified atom stereocenters. The van der Waals surface area contributed by atoms with Crippen LogP contribution in [0.3, 0.4) is 0 Å². The van der Waals surface area contributed by atoms with Crippen molar-refractivity contribution in [2.75, 3.05) is 0 Å². The van der Waals surface area contributed by atoms with Gasteiger partial charge >= 0.3 is 0 Å². The van der Waals surface area contributed by atoms with Crippen LogP contribution in [0.25, 0.3) is 0 Å². The Morgan fingerprint density at radius 1 is 1.25 bits per heavy atom. The molecule has 0 fully saturated rings. The van der Waals surface area contributed by atoms with Crippen molar-refractivity contribution < 1.29 is 0 Å². The summed E-state index contributed by atoms with van der Waals surface area (Å²) in [7, 11) is 0. The molecule has 2 rings (SSSR count). The summed E-state index contributed by atoms with van der Waals surface area (Å²) in [6.07, 6.45) is 10.3. The summed E-state index contributed by atoms with van der Waals surface area (Å²) < 4.78 is 0. The molecule has 1 aromatic carbocycles. The number of aryl methyl sites for hydroxylation is 1. The standard InChI is InChI=1S/C18H24N4O2/c1-2-3-6-12-9-15(21-23)18(16(10-12)22-24)14-8-5-4-7-13(14)11-17(19)20/h5,8-11,13-14H,2-4,6-7,19-20H2,1H3. The molecule has 4 N–H and O–H groups in total. The molecular formula is C18H24N4O2. The summed E-state index contributed by atoms with van der Waals surface area (Å²) in [6.45, 7) is 2.09. The first-order valence-electron chi connectivity index (χ1n) is 8.33. The fourth-order valence-electron chi connectivity index (χ4n) is 3.30. The Labute approximate surface area is 141 Å². The molecule has 6 nitrogen and oxygen atoms in total. The molecule has 0 amide bonds. The summed E-state index contributed by atoms with van der Waals surface area (Å²) >= 11 is 0. The number of unbranched alkanes of at least 4 members (excludes halogenated alkanes) is 1. The van der Waals surface area contributed by atoms with Crippen LogP contribution in [0, 0.1) is 15.7 Å². The number of benzene rings is 1. The number of allylic oxidation sites excluding steroid dienone is 3. The third-order valence-electron chi connectivity index (χ3n) is 4.42. The van der Waals surface area contributed by atoms with Crippen molar-refractivity contribution in [3.63, 3.8) is 0 Å². The van der Waals surface area contributed by atoms with E-state index in [9.17, 15) is 9.81 Å². The fraction of sp³-hybridized carbons (Fsp3) is 0.444. The number of hydrogen-bond donors (Lipinski definition) is 2. The largest absolute Gasteiger partial charge is 0.386 e. The van der Waals surface area contributed by atoms with Crippen molar-refractivity contribution in [2.24, 2.45) is 27.7 Å². The second-order valence-electron chi connectivity index (χ2n) is 6.20. The molecule has 1 aliphatic rings. The number of nitrogens with two attached hydrogens (primary N) is 2. The monoisotopic (exact) mass is 328 g/mol. The van der Waals surface area contributed by atoms with Crippen LogP contribution >= 0.6 is 0 Å². The molecular weight excluding hydrogens is 304 g/mol. The number of rotatable bonds is 7. The fourth-order valence-corrected chi connectivity index (χ4v) is 3.30. The molecule has 6 heteroatoms. The minimum absolute atomic E-state index is 0.0162. The van der Waals surface area contributed by atoms with Gasteiger partial charge in [0.25, 0.3) is 0 Å². The SMILES string of the molecule is CCCCc1cc(N=O)c(C2C=CCCC2C=C(N)N)c(N=O)c1. The first kappa shape index (κ1) is 17.8. The Bertz CT molecular complexity index is 634. The van der Waals surface area contributed by atoms with Gasteiger partial charge in [0.05, 0.1) is 5.82 Å². The smallest absolute Gasteiger partial charge is 0.114 e. The second-order valence-corrected chi connectivity index (χ2v) is 6.20. The zero-order valence-corrected chi connectivity index (χ0v) is 13.9. The van der Waals surface area contributed by atoms with E-state index in [2.05, 4.69) is 17.3 Å². The Morgan fingerprint density at radius 2 is 1.92 bits per heavy atom. The first-order chi connectivity index (χ1) is 11.6. The van der Waals surface area contributed by atoms with E-state index in [0.29, 0.717) is 5.56 Å². The van der Waals surface area contributed by atoms with Gasteiger partial charge in [0.15, 0.2) is 0 Å². The first-order valence-corrected chi connectivity index (χ1v) is 8.33. The molecule has 128 valence electrons. The van der Waals surface area contributed by atoms with Gasteiger partial charge in [-0.3, -0.25) is 0 Å². The summed E-state index contributed by atoms with van der Waals surface area (Å²) in [5.41, 5.74) is 13.3. The molecule has 0 aliphatic heterocycles. The van der Waals surface area contributed by atoms with Gasteiger partial charge in [0, 0.05) is 11.5 Å². The predicted octanol–water partition coefficient (Wildman–Crippen LogP) is 4.63. The lowest BCUT2D eigenvalue weighted by Crippen LogP contribution is -2.17. The van der Waals surface area contributed by atoms with Crippen LogP contribution in [0.5, 0.6) is 0 Å². The third-order valence-corrected chi connectivity index (χ3v) is 4.42. The van der Waals surface area contributed by atoms with Gasteiger partial charge in [-0.15, -0.1) is 9.81 Å². The van der Waals surface area contributed by atoms with E-state index >= 15 is 0 Å². The number of nitroso groups, excluding NO2 is 2. The lowest BCUT2D eigenvalue weighted by atomic mass is 9.78. The average molecular weight is 328 g/mol. The van der Waals surface area contributed by atoms with E-state index in [1.54, 1.807) is 18.2 Å². The Hall–Kier alpha value is -2.50. The van der Waals surface area contributed by atoms with E-state index in [1.807, 2.05) is 12.2 Å². The molecule has 0 heterocycles. The van der Waals surface area contributed by atoms with E-state index in [1.165, 1.54) is 0 Å². The van der Waals surface area contributed by atoms with Crippen LogP contribution in [0.2, 0.25) is 0 Å². The highest BCUT2D eigenvalue weighted by molar-refractivity contribution is 5.65. The molecule has 0 bridgehead atoms. The summed E-state index contributed by atoms with van der Waals surface area (Å²) in [5.74, 6) is 0.0741. The van der Waals surface area contributed by atoms with Crippen LogP contribution in [0.15, 0.2) is 46.5 Å². The normalized spacial score (nSPS) is 19.7. The predicted molar refractivity (Wildman–Crippen MR) is 97.0 cm³/mol. The van der Waals surface area contributed by atoms with Crippen molar-refractivity contribution in [1.82, 2.24) is 0 Å². The molecule has 0 spiro atoms. The van der Waals surface area contributed by atoms with Crippen LogP contribution in [-0.2, 0) is 6.42 Å². The van der Waals surface area contributed by atoms with Crippen molar-refractivity contribution in [3.8, 4) is 0 Å². The highest BCUT2D eigenvalue weighted by Crippen LogP contribution is 2.44. The van der Waals surface area contributed by atoms with Crippen LogP contribution in [-0.4, -0.2) is 0 Å². The second kappa shape index (κ2) is 8.38. The van der Waals surface area contributed by atoms with E-state index < -0.39 is 0 Å². The van der Waals surface area contributed by atoms with Gasteiger partial charge in [-0.1, -0.05) is 25.5 Å². The van der Waals surface area contributed by atoms with Gasteiger partial charge in [-0.05, 0) is 65.7 Å². The number of hydrogen-bond acceptors (Lipinski definition) is 6. The molecule has 2 atom stereocenters. The van der Waals surface area contributed by atoms with E-state index in [-0.39, 0.29) is 29.0 Å². The van der Waals surface area contributed by atoms with Crippen molar-refractivity contribution in [2.45, 2.75) is 44.9 Å². The lowest BCUT2D eigenvalue weighted by Gasteiger charge is -2.27. The quantitative estimate of drug-likeness (QED) is 0.561. The molecule has 0 aromatic heterocycles. The lowest BCUT2D eigenvalue weighted by molar-refractivity contribution is 0.517. The van der Waals surface area contributed by atoms with E-state index in [4.69, 9.17) is 11.5 Å². The van der Waals surface area contributed by atoms with Gasteiger partial charge in [0.1, 0.15) is 11.4 Å². The summed E-state index contributed by atoms with van der Waals surface area (Å²) in [4.78, 5) is 22.8. The van der Waals surface area contributed by atoms with Crippen molar-refractivity contribution in [3.05, 3.63) is 57.1 Å². The van der Waals surface area contributed by atoms with Gasteiger partial charge in [-0.2, -0.15) is 0 Å². The van der Waals surface area contributed by atoms with Crippen molar-refractivity contribution >= 4 is 11.4 Å². The Kier molecular flexibility index (Phi) is 6.23. The van der Waals surface area contributed by atoms with Gasteiger partial charge in [0.2, 0.25) is 0 Å². The maximum Gasteiger partial charge on any atom is 0.114 e. The molecule has 1 aromatic rings. The van der Waals surface area contributed by atoms with Crippen LogP contribution in [0.1, 0.15) is 49.7 Å². The Balaban J connectivity index is 2.52. The minimum Gasteiger partial charge on any atom is -0.386 e. The van der Waals surface area contributed by atoms with Crippen LogP contribution in [0.4, 0.5) is 11.4 Å². The highest BCUT2D eigenvalue weighted by Gasteiger charge is 2.28. The van der Waals surface area contributed by atoms with Crippen LogP contribution < -0.4 is 11.5 Å². The molecule has 0 radical (unpaired) electrons. The maximum absolute atomic E-state index is 11.4. The summed E-state index contributed by atoms with van der Waals surface area (Å²) in [5, 5.41) is 6.34. The number of nitrogens with zero attached hydrogens (tertiary/aromatic N) is 2. The topological polar surface area (TPSA) is 111 Å². The molecule has 24 heavy (non-hydrogen) atoms. The minimum atomic E-state index is -0.179. The van der Waals surface area contributed by atoms with Crippen molar-refractivity contribution in [1.29, 1.82) is 0 Å². The highest BCUT2D eigenvalue weighted by atomic mass is 16.3. The maximum atomic E-state index is 11.4. The molecule has 0 saturated heterocycles.